The third-order valence-corrected chi connectivity index (χ3v) is 3.70. The Morgan fingerprint density at radius 2 is 1.89 bits per heavy atom. The fraction of sp³-hybridized carbons (Fsp3) is 0.476. The highest BCUT2D eigenvalue weighted by Gasteiger charge is 2.29. The van der Waals surface area contributed by atoms with Gasteiger partial charge < -0.3 is 20.3 Å². The lowest BCUT2D eigenvalue weighted by Crippen LogP contribution is -2.47. The van der Waals surface area contributed by atoms with Crippen LogP contribution in [0.3, 0.4) is 0 Å². The van der Waals surface area contributed by atoms with Gasteiger partial charge in [-0.25, -0.2) is 4.79 Å². The number of nitrogens with one attached hydrogen (secondary N) is 2. The minimum Gasteiger partial charge on any atom is -0.444 e. The number of nitrogens with zero attached hydrogens (tertiary/aromatic N) is 1. The molecule has 28 heavy (non-hydrogen) atoms. The van der Waals surface area contributed by atoms with E-state index < -0.39 is 23.6 Å². The largest absolute Gasteiger partial charge is 0.444 e. The van der Waals surface area contributed by atoms with Gasteiger partial charge in [-0.05, 0) is 51.8 Å². The van der Waals surface area contributed by atoms with E-state index in [0.29, 0.717) is 5.56 Å². The molecule has 0 heterocycles. The Hall–Kier alpha value is -2.83. The molecular formula is C21H31N3O4. The fourth-order valence-corrected chi connectivity index (χ4v) is 2.50. The van der Waals surface area contributed by atoms with Crippen molar-refractivity contribution in [2.24, 2.45) is 0 Å². The van der Waals surface area contributed by atoms with E-state index in [1.165, 1.54) is 11.9 Å². The smallest absolute Gasteiger partial charge is 0.408 e. The molecule has 0 fully saturated rings. The van der Waals surface area contributed by atoms with E-state index in [4.69, 9.17) is 4.74 Å². The van der Waals surface area contributed by atoms with E-state index in [-0.39, 0.29) is 18.5 Å². The summed E-state index contributed by atoms with van der Waals surface area (Å²) in [4.78, 5) is 38.5. The molecule has 7 nitrogen and oxygen atoms in total. The summed E-state index contributed by atoms with van der Waals surface area (Å²) in [6, 6.07) is 6.33. The molecule has 0 spiro atoms. The maximum atomic E-state index is 12.8. The van der Waals surface area contributed by atoms with E-state index in [2.05, 4.69) is 17.2 Å². The number of carbonyl (C=O) groups is 3. The van der Waals surface area contributed by atoms with Crippen LogP contribution >= 0.6 is 0 Å². The van der Waals surface area contributed by atoms with Crippen LogP contribution in [0.5, 0.6) is 0 Å². The first-order valence-corrected chi connectivity index (χ1v) is 9.20. The molecule has 0 saturated carbocycles. The number of hydrogen-bond donors (Lipinski definition) is 2. The predicted octanol–water partition coefficient (Wildman–Crippen LogP) is 2.88. The second kappa shape index (κ2) is 9.92. The fourth-order valence-electron chi connectivity index (χ4n) is 2.50. The maximum absolute atomic E-state index is 12.8. The van der Waals surface area contributed by atoms with E-state index in [9.17, 15) is 14.4 Å². The standard InChI is InChI=1S/C21H31N3O4/c1-8-15-10-9-11-16(12-15)18(19(26)23-14(2)3)24(7)17(25)13-22-20(27)28-21(4,5)6/h8-12,14,18H,1,13H2,2-7H3,(H,22,27)(H,23,26). The molecule has 0 aliphatic heterocycles. The van der Waals surface area contributed by atoms with Crippen molar-refractivity contribution in [2.45, 2.75) is 52.3 Å². The van der Waals surface area contributed by atoms with E-state index in [0.717, 1.165) is 5.56 Å². The molecule has 1 aromatic carbocycles. The van der Waals surface area contributed by atoms with Crippen molar-refractivity contribution in [3.8, 4) is 0 Å². The highest BCUT2D eigenvalue weighted by atomic mass is 16.6. The van der Waals surface area contributed by atoms with Crippen molar-refractivity contribution >= 4 is 24.0 Å². The molecule has 0 saturated heterocycles. The van der Waals surface area contributed by atoms with Crippen molar-refractivity contribution in [3.63, 3.8) is 0 Å². The molecule has 2 N–H and O–H groups in total. The van der Waals surface area contributed by atoms with E-state index in [1.807, 2.05) is 26.0 Å². The molecule has 1 aromatic rings. The Bertz CT molecular complexity index is 723. The van der Waals surface area contributed by atoms with Crippen LogP contribution in [0.25, 0.3) is 6.08 Å². The summed E-state index contributed by atoms with van der Waals surface area (Å²) in [5.41, 5.74) is 0.834. The molecule has 0 radical (unpaired) electrons. The third kappa shape index (κ3) is 7.42. The van der Waals surface area contributed by atoms with Gasteiger partial charge in [0.25, 0.3) is 0 Å². The van der Waals surface area contributed by atoms with Crippen LogP contribution in [-0.2, 0) is 14.3 Å². The van der Waals surface area contributed by atoms with Crippen molar-refractivity contribution in [1.29, 1.82) is 0 Å². The zero-order valence-corrected chi connectivity index (χ0v) is 17.5. The molecule has 0 aromatic heterocycles. The Balaban J connectivity index is 2.99. The number of alkyl carbamates (subject to hydrolysis) is 1. The number of ether oxygens (including phenoxy) is 1. The minimum absolute atomic E-state index is 0.0824. The summed E-state index contributed by atoms with van der Waals surface area (Å²) < 4.78 is 5.13. The molecule has 0 bridgehead atoms. The number of benzene rings is 1. The first-order valence-electron chi connectivity index (χ1n) is 9.20. The van der Waals surface area contributed by atoms with E-state index in [1.54, 1.807) is 39.0 Å². The van der Waals surface area contributed by atoms with Crippen LogP contribution in [0.2, 0.25) is 0 Å². The number of carbonyl (C=O) groups excluding carboxylic acids is 3. The van der Waals surface area contributed by atoms with Crippen molar-refractivity contribution in [3.05, 3.63) is 42.0 Å². The topological polar surface area (TPSA) is 87.7 Å². The number of likely N-dealkylation sites (N-methyl/N-ethyl adjacent to an activating group) is 1. The van der Waals surface area contributed by atoms with Gasteiger partial charge in [-0.3, -0.25) is 9.59 Å². The van der Waals surface area contributed by atoms with Gasteiger partial charge in [0.1, 0.15) is 18.2 Å². The van der Waals surface area contributed by atoms with Crippen LogP contribution in [-0.4, -0.2) is 48.0 Å². The highest BCUT2D eigenvalue weighted by Crippen LogP contribution is 2.22. The SMILES string of the molecule is C=Cc1cccc(C(C(=O)NC(C)C)N(C)C(=O)CNC(=O)OC(C)(C)C)c1. The molecule has 7 heteroatoms. The lowest BCUT2D eigenvalue weighted by molar-refractivity contribution is -0.138. The molecular weight excluding hydrogens is 358 g/mol. The van der Waals surface area contributed by atoms with Gasteiger partial charge in [-0.2, -0.15) is 0 Å². The summed E-state index contributed by atoms with van der Waals surface area (Å²) >= 11 is 0. The second-order valence-electron chi connectivity index (χ2n) is 7.80. The minimum atomic E-state index is -0.838. The first kappa shape index (κ1) is 23.2. The zero-order valence-electron chi connectivity index (χ0n) is 17.5. The maximum Gasteiger partial charge on any atom is 0.408 e. The van der Waals surface area contributed by atoms with Crippen LogP contribution < -0.4 is 10.6 Å². The van der Waals surface area contributed by atoms with Crippen molar-refractivity contribution in [1.82, 2.24) is 15.5 Å². The average Bonchev–Trinajstić information content (AvgIpc) is 2.57. The van der Waals surface area contributed by atoms with Crippen molar-refractivity contribution < 1.29 is 19.1 Å². The second-order valence-corrected chi connectivity index (χ2v) is 7.80. The van der Waals surface area contributed by atoms with Gasteiger partial charge in [0.05, 0.1) is 0 Å². The molecule has 0 aliphatic rings. The number of hydrogen-bond acceptors (Lipinski definition) is 4. The van der Waals surface area contributed by atoms with Gasteiger partial charge in [-0.1, -0.05) is 30.9 Å². The molecule has 1 rings (SSSR count). The van der Waals surface area contributed by atoms with Crippen LogP contribution in [0.15, 0.2) is 30.8 Å². The molecule has 1 unspecified atom stereocenters. The zero-order chi connectivity index (χ0) is 21.5. The Labute approximate surface area is 167 Å². The summed E-state index contributed by atoms with van der Waals surface area (Å²) in [7, 11) is 1.53. The van der Waals surface area contributed by atoms with Crippen LogP contribution in [0.4, 0.5) is 4.79 Å². The van der Waals surface area contributed by atoms with Crippen LogP contribution in [0, 0.1) is 0 Å². The molecule has 1 atom stereocenters. The summed E-state index contributed by atoms with van der Waals surface area (Å²) in [6.45, 7) is 12.4. The Morgan fingerprint density at radius 3 is 2.43 bits per heavy atom. The lowest BCUT2D eigenvalue weighted by atomic mass is 10.0. The average molecular weight is 389 g/mol. The molecule has 154 valence electrons. The summed E-state index contributed by atoms with van der Waals surface area (Å²) in [5.74, 6) is -0.719. The highest BCUT2D eigenvalue weighted by molar-refractivity contribution is 5.90. The Morgan fingerprint density at radius 1 is 1.25 bits per heavy atom. The monoisotopic (exact) mass is 389 g/mol. The Kier molecular flexibility index (Phi) is 8.22. The van der Waals surface area contributed by atoms with E-state index >= 15 is 0 Å². The quantitative estimate of drug-likeness (QED) is 0.751. The third-order valence-electron chi connectivity index (χ3n) is 3.70. The van der Waals surface area contributed by atoms with Gasteiger partial charge >= 0.3 is 6.09 Å². The first-order chi connectivity index (χ1) is 12.9. The lowest BCUT2D eigenvalue weighted by Gasteiger charge is -2.29. The predicted molar refractivity (Wildman–Crippen MR) is 110 cm³/mol. The number of rotatable bonds is 7. The normalized spacial score (nSPS) is 12.1. The molecule has 3 amide bonds. The number of amides is 3. The summed E-state index contributed by atoms with van der Waals surface area (Å²) in [6.07, 6.45) is 0.985. The van der Waals surface area contributed by atoms with Gasteiger partial charge in [0.15, 0.2) is 0 Å². The van der Waals surface area contributed by atoms with Gasteiger partial charge in [-0.15, -0.1) is 0 Å². The summed E-state index contributed by atoms with van der Waals surface area (Å²) in [5, 5.41) is 5.27. The van der Waals surface area contributed by atoms with Crippen molar-refractivity contribution in [2.75, 3.05) is 13.6 Å². The van der Waals surface area contributed by atoms with Gasteiger partial charge in [0, 0.05) is 13.1 Å². The molecule has 0 aliphatic carbocycles. The van der Waals surface area contributed by atoms with Crippen LogP contribution in [0.1, 0.15) is 51.8 Å². The van der Waals surface area contributed by atoms with Gasteiger partial charge in [0.2, 0.25) is 11.8 Å².